The minimum atomic E-state index is -4.73. The Labute approximate surface area is 158 Å². The number of aliphatic hydroxyl groups excluding tert-OH is 2. The van der Waals surface area contributed by atoms with E-state index in [1.54, 1.807) is 30.3 Å². The highest BCUT2D eigenvalue weighted by molar-refractivity contribution is 6.30. The van der Waals surface area contributed by atoms with Crippen molar-refractivity contribution in [1.29, 1.82) is 0 Å². The Morgan fingerprint density at radius 2 is 1.81 bits per heavy atom. The van der Waals surface area contributed by atoms with Gasteiger partial charge >= 0.3 is 12.3 Å². The summed E-state index contributed by atoms with van der Waals surface area (Å²) in [5.74, 6) is 0. The number of alkyl halides is 3. The number of nitrogens with one attached hydrogen (secondary N) is 1. The SMILES string of the molecule is O=C(NCC(O)C(O)c1cc(Cl)ccc1C(F)(F)F)OCc1ccccc1. The van der Waals surface area contributed by atoms with Crippen molar-refractivity contribution in [1.82, 2.24) is 5.32 Å². The Balaban J connectivity index is 1.95. The third kappa shape index (κ3) is 6.13. The smallest absolute Gasteiger partial charge is 0.416 e. The fraction of sp³-hybridized carbons (Fsp3) is 0.278. The van der Waals surface area contributed by atoms with E-state index in [4.69, 9.17) is 16.3 Å². The second-order valence-corrected chi connectivity index (χ2v) is 6.12. The molecule has 0 aliphatic heterocycles. The Kier molecular flexibility index (Phi) is 7.06. The molecule has 2 aromatic carbocycles. The molecule has 0 aliphatic rings. The third-order valence-electron chi connectivity index (χ3n) is 3.67. The lowest BCUT2D eigenvalue weighted by Gasteiger charge is -2.22. The van der Waals surface area contributed by atoms with Crippen LogP contribution in [0.3, 0.4) is 0 Å². The van der Waals surface area contributed by atoms with Gasteiger partial charge in [0.25, 0.3) is 0 Å². The first-order chi connectivity index (χ1) is 12.7. The van der Waals surface area contributed by atoms with Gasteiger partial charge in [-0.3, -0.25) is 0 Å². The lowest BCUT2D eigenvalue weighted by molar-refractivity contribution is -0.139. The van der Waals surface area contributed by atoms with E-state index in [9.17, 15) is 28.2 Å². The summed E-state index contributed by atoms with van der Waals surface area (Å²) in [6.07, 6.45) is -9.22. The first-order valence-electron chi connectivity index (χ1n) is 7.86. The molecule has 2 atom stereocenters. The van der Waals surface area contributed by atoms with Gasteiger partial charge in [0.1, 0.15) is 18.8 Å². The molecule has 146 valence electrons. The number of rotatable bonds is 6. The average Bonchev–Trinajstić information content (AvgIpc) is 2.63. The number of aliphatic hydroxyl groups is 2. The zero-order valence-electron chi connectivity index (χ0n) is 13.9. The van der Waals surface area contributed by atoms with Crippen molar-refractivity contribution in [2.24, 2.45) is 0 Å². The van der Waals surface area contributed by atoms with Crippen LogP contribution in [-0.4, -0.2) is 29.0 Å². The summed E-state index contributed by atoms with van der Waals surface area (Å²) in [4.78, 5) is 11.6. The summed E-state index contributed by atoms with van der Waals surface area (Å²) >= 11 is 5.69. The van der Waals surface area contributed by atoms with Gasteiger partial charge in [0.05, 0.1) is 5.56 Å². The van der Waals surface area contributed by atoms with Crippen LogP contribution in [0.2, 0.25) is 5.02 Å². The Bertz CT molecular complexity index is 771. The van der Waals surface area contributed by atoms with Gasteiger partial charge in [-0.05, 0) is 29.3 Å². The van der Waals surface area contributed by atoms with E-state index in [1.807, 2.05) is 0 Å². The molecule has 27 heavy (non-hydrogen) atoms. The Morgan fingerprint density at radius 3 is 2.44 bits per heavy atom. The Hall–Kier alpha value is -2.29. The lowest BCUT2D eigenvalue weighted by atomic mass is 9.98. The predicted molar refractivity (Wildman–Crippen MR) is 92.1 cm³/mol. The average molecular weight is 404 g/mol. The molecule has 9 heteroatoms. The highest BCUT2D eigenvalue weighted by atomic mass is 35.5. The summed E-state index contributed by atoms with van der Waals surface area (Å²) in [7, 11) is 0. The maximum Gasteiger partial charge on any atom is 0.416 e. The summed E-state index contributed by atoms with van der Waals surface area (Å²) in [6.45, 7) is -0.531. The molecular weight excluding hydrogens is 387 g/mol. The van der Waals surface area contributed by atoms with E-state index >= 15 is 0 Å². The third-order valence-corrected chi connectivity index (χ3v) is 3.91. The van der Waals surface area contributed by atoms with E-state index in [0.29, 0.717) is 0 Å². The number of carbonyl (C=O) groups excluding carboxylic acids is 1. The largest absolute Gasteiger partial charge is 0.445 e. The van der Waals surface area contributed by atoms with Crippen molar-refractivity contribution in [2.45, 2.75) is 25.0 Å². The molecule has 0 radical (unpaired) electrons. The second kappa shape index (κ2) is 9.07. The van der Waals surface area contributed by atoms with E-state index in [1.165, 1.54) is 0 Å². The molecule has 0 aliphatic carbocycles. The van der Waals surface area contributed by atoms with E-state index in [0.717, 1.165) is 23.8 Å². The number of hydrogen-bond donors (Lipinski definition) is 3. The van der Waals surface area contributed by atoms with Crippen LogP contribution in [0.5, 0.6) is 0 Å². The quantitative estimate of drug-likeness (QED) is 0.687. The number of halogens is 4. The first kappa shape index (κ1) is 21.0. The molecule has 2 unspecified atom stereocenters. The van der Waals surface area contributed by atoms with Gasteiger partial charge in [0.15, 0.2) is 0 Å². The van der Waals surface area contributed by atoms with Crippen molar-refractivity contribution >= 4 is 17.7 Å². The maximum absolute atomic E-state index is 13.1. The van der Waals surface area contributed by atoms with Gasteiger partial charge in [-0.1, -0.05) is 41.9 Å². The van der Waals surface area contributed by atoms with E-state index < -0.39 is 42.1 Å². The summed E-state index contributed by atoms with van der Waals surface area (Å²) < 4.78 is 44.1. The second-order valence-electron chi connectivity index (χ2n) is 5.68. The number of carbonyl (C=O) groups is 1. The zero-order valence-corrected chi connectivity index (χ0v) is 14.7. The van der Waals surface area contributed by atoms with Gasteiger partial charge in [-0.15, -0.1) is 0 Å². The molecule has 2 aromatic rings. The van der Waals surface area contributed by atoms with E-state index in [2.05, 4.69) is 5.32 Å². The minimum absolute atomic E-state index is 0.0160. The molecule has 0 heterocycles. The molecule has 0 fully saturated rings. The van der Waals surface area contributed by atoms with Crippen LogP contribution in [0.25, 0.3) is 0 Å². The molecule has 3 N–H and O–H groups in total. The molecule has 0 bridgehead atoms. The predicted octanol–water partition coefficient (Wildman–Crippen LogP) is 3.68. The van der Waals surface area contributed by atoms with Crippen LogP contribution in [0.1, 0.15) is 22.8 Å². The zero-order chi connectivity index (χ0) is 20.0. The number of benzene rings is 2. The van der Waals surface area contributed by atoms with Gasteiger partial charge in [0.2, 0.25) is 0 Å². The highest BCUT2D eigenvalue weighted by Gasteiger charge is 2.36. The van der Waals surface area contributed by atoms with Gasteiger partial charge < -0.3 is 20.3 Å². The Morgan fingerprint density at radius 1 is 1.15 bits per heavy atom. The fourth-order valence-corrected chi connectivity index (χ4v) is 2.50. The molecule has 2 rings (SSSR count). The molecular formula is C18H17ClF3NO4. The lowest BCUT2D eigenvalue weighted by Crippen LogP contribution is -2.36. The molecule has 0 aromatic heterocycles. The topological polar surface area (TPSA) is 78.8 Å². The van der Waals surface area contributed by atoms with Crippen LogP contribution in [0.15, 0.2) is 48.5 Å². The van der Waals surface area contributed by atoms with Crippen LogP contribution >= 0.6 is 11.6 Å². The number of amides is 1. The number of alkyl carbamates (subject to hydrolysis) is 1. The molecule has 5 nitrogen and oxygen atoms in total. The first-order valence-corrected chi connectivity index (χ1v) is 8.23. The van der Waals surface area contributed by atoms with Crippen molar-refractivity contribution in [3.63, 3.8) is 0 Å². The number of ether oxygens (including phenoxy) is 1. The van der Waals surface area contributed by atoms with E-state index in [-0.39, 0.29) is 11.6 Å². The minimum Gasteiger partial charge on any atom is -0.445 e. The summed E-state index contributed by atoms with van der Waals surface area (Å²) in [6, 6.07) is 11.5. The molecule has 1 amide bonds. The van der Waals surface area contributed by atoms with Crippen molar-refractivity contribution < 1.29 is 32.9 Å². The van der Waals surface area contributed by atoms with Crippen LogP contribution in [0, 0.1) is 0 Å². The standard InChI is InChI=1S/C18H17ClF3NO4/c19-12-6-7-14(18(20,21)22)13(8-12)16(25)15(24)9-23-17(26)27-10-11-4-2-1-3-5-11/h1-8,15-16,24-25H,9-10H2,(H,23,26). The maximum atomic E-state index is 13.1. The molecule has 0 saturated carbocycles. The van der Waals surface area contributed by atoms with Crippen molar-refractivity contribution in [3.8, 4) is 0 Å². The monoisotopic (exact) mass is 403 g/mol. The van der Waals surface area contributed by atoms with Gasteiger partial charge in [-0.2, -0.15) is 13.2 Å². The van der Waals surface area contributed by atoms with Crippen molar-refractivity contribution in [2.75, 3.05) is 6.54 Å². The number of hydrogen-bond acceptors (Lipinski definition) is 4. The molecule has 0 spiro atoms. The normalized spacial score (nSPS) is 13.7. The van der Waals surface area contributed by atoms with Gasteiger partial charge in [-0.25, -0.2) is 4.79 Å². The summed E-state index contributed by atoms with van der Waals surface area (Å²) in [5.41, 5.74) is -0.964. The van der Waals surface area contributed by atoms with Gasteiger partial charge in [0, 0.05) is 11.6 Å². The van der Waals surface area contributed by atoms with Crippen LogP contribution < -0.4 is 5.32 Å². The van der Waals surface area contributed by atoms with Crippen LogP contribution in [-0.2, 0) is 17.5 Å². The summed E-state index contributed by atoms with van der Waals surface area (Å²) in [5, 5.41) is 22.2. The molecule has 0 saturated heterocycles. The van der Waals surface area contributed by atoms with Crippen LogP contribution in [0.4, 0.5) is 18.0 Å². The highest BCUT2D eigenvalue weighted by Crippen LogP contribution is 2.36. The fourth-order valence-electron chi connectivity index (χ4n) is 2.32. The van der Waals surface area contributed by atoms with Crippen molar-refractivity contribution in [3.05, 3.63) is 70.2 Å².